The number of nitriles is 1. The van der Waals surface area contributed by atoms with Crippen molar-refractivity contribution >= 4 is 12.6 Å². The van der Waals surface area contributed by atoms with E-state index in [1.807, 2.05) is 6.07 Å². The van der Waals surface area contributed by atoms with Crippen LogP contribution in [-0.4, -0.2) is 0 Å². The Bertz CT molecular complexity index is 376. The summed E-state index contributed by atoms with van der Waals surface area (Å²) in [5, 5.41) is 8.82. The molecule has 0 atom stereocenters. The molecule has 66 valence electrons. The fraction of sp³-hybridized carbons (Fsp3) is 0.364. The number of aryl methyl sites for hydroxylation is 2. The first kappa shape index (κ1) is 8.65. The highest BCUT2D eigenvalue weighted by molar-refractivity contribution is 7.80. The van der Waals surface area contributed by atoms with Gasteiger partial charge in [0.2, 0.25) is 0 Å². The van der Waals surface area contributed by atoms with E-state index in [-0.39, 0.29) is 0 Å². The third kappa shape index (κ3) is 1.57. The van der Waals surface area contributed by atoms with Crippen molar-refractivity contribution in [2.45, 2.75) is 30.6 Å². The van der Waals surface area contributed by atoms with E-state index in [0.29, 0.717) is 5.56 Å². The van der Waals surface area contributed by atoms with E-state index in [1.54, 1.807) is 0 Å². The summed E-state index contributed by atoms with van der Waals surface area (Å²) < 4.78 is 0. The molecule has 0 fully saturated rings. The predicted molar refractivity (Wildman–Crippen MR) is 55.1 cm³/mol. The van der Waals surface area contributed by atoms with Gasteiger partial charge < -0.3 is 0 Å². The number of thiol groups is 1. The van der Waals surface area contributed by atoms with Crippen LogP contribution in [-0.2, 0) is 12.8 Å². The second-order valence-corrected chi connectivity index (χ2v) is 3.94. The summed E-state index contributed by atoms with van der Waals surface area (Å²) in [6.45, 7) is 0. The largest absolute Gasteiger partial charge is 0.192 e. The highest BCUT2D eigenvalue weighted by Gasteiger charge is 2.11. The molecule has 0 saturated heterocycles. The molecule has 0 spiro atoms. The second-order valence-electron chi connectivity index (χ2n) is 3.46. The van der Waals surface area contributed by atoms with Crippen molar-refractivity contribution in [1.82, 2.24) is 0 Å². The quantitative estimate of drug-likeness (QED) is 0.623. The van der Waals surface area contributed by atoms with Crippen molar-refractivity contribution in [3.05, 3.63) is 28.8 Å². The Morgan fingerprint density at radius 3 is 2.38 bits per heavy atom. The standard InChI is InChI=1S/C11H11NS/c12-7-10-5-8-3-1-2-4-9(8)6-11(10)13/h5-6,13H,1-4H2. The van der Waals surface area contributed by atoms with Gasteiger partial charge in [0, 0.05) is 4.90 Å². The van der Waals surface area contributed by atoms with Crippen molar-refractivity contribution < 1.29 is 0 Å². The summed E-state index contributed by atoms with van der Waals surface area (Å²) in [6.07, 6.45) is 4.79. The Morgan fingerprint density at radius 2 is 1.77 bits per heavy atom. The molecule has 2 rings (SSSR count). The molecule has 0 unspecified atom stereocenters. The fourth-order valence-electron chi connectivity index (χ4n) is 1.86. The van der Waals surface area contributed by atoms with Gasteiger partial charge in [-0.1, -0.05) is 0 Å². The zero-order valence-corrected chi connectivity index (χ0v) is 8.27. The Hall–Kier alpha value is -0.940. The predicted octanol–water partition coefficient (Wildman–Crippen LogP) is 2.73. The first-order valence-electron chi connectivity index (χ1n) is 4.56. The highest BCUT2D eigenvalue weighted by Crippen LogP contribution is 2.26. The number of rotatable bonds is 0. The molecule has 13 heavy (non-hydrogen) atoms. The Kier molecular flexibility index (Phi) is 2.28. The van der Waals surface area contributed by atoms with Gasteiger partial charge in [0.15, 0.2) is 0 Å². The van der Waals surface area contributed by atoms with Crippen molar-refractivity contribution in [3.63, 3.8) is 0 Å². The number of benzene rings is 1. The summed E-state index contributed by atoms with van der Waals surface area (Å²) in [4.78, 5) is 0.822. The van der Waals surface area contributed by atoms with Gasteiger partial charge in [-0.25, -0.2) is 0 Å². The van der Waals surface area contributed by atoms with Crippen LogP contribution >= 0.6 is 12.6 Å². The molecule has 1 nitrogen and oxygen atoms in total. The van der Waals surface area contributed by atoms with Crippen LogP contribution in [0.3, 0.4) is 0 Å². The lowest BCUT2D eigenvalue weighted by Gasteiger charge is -2.16. The average molecular weight is 189 g/mol. The Labute approximate surface area is 83.8 Å². The summed E-state index contributed by atoms with van der Waals surface area (Å²) >= 11 is 4.29. The van der Waals surface area contributed by atoms with Crippen LogP contribution in [0.2, 0.25) is 0 Å². The molecule has 0 aromatic heterocycles. The molecule has 0 saturated carbocycles. The van der Waals surface area contributed by atoms with Gasteiger partial charge in [0.25, 0.3) is 0 Å². The topological polar surface area (TPSA) is 23.8 Å². The van der Waals surface area contributed by atoms with Gasteiger partial charge in [0.1, 0.15) is 6.07 Å². The molecule has 0 amide bonds. The summed E-state index contributed by atoms with van der Waals surface area (Å²) in [5.41, 5.74) is 3.44. The lowest BCUT2D eigenvalue weighted by Crippen LogP contribution is -2.03. The van der Waals surface area contributed by atoms with Gasteiger partial charge in [0.05, 0.1) is 5.56 Å². The molecule has 0 radical (unpaired) electrons. The van der Waals surface area contributed by atoms with Crippen LogP contribution in [0, 0.1) is 11.3 Å². The van der Waals surface area contributed by atoms with E-state index >= 15 is 0 Å². The molecule has 2 heteroatoms. The second kappa shape index (κ2) is 3.43. The maximum absolute atomic E-state index is 8.82. The normalized spacial score (nSPS) is 14.8. The third-order valence-corrected chi connectivity index (χ3v) is 2.95. The first-order valence-corrected chi connectivity index (χ1v) is 5.01. The molecule has 0 N–H and O–H groups in total. The van der Waals surface area contributed by atoms with Crippen molar-refractivity contribution in [3.8, 4) is 6.07 Å². The summed E-state index contributed by atoms with van der Waals surface area (Å²) in [5.74, 6) is 0. The van der Waals surface area contributed by atoms with Crippen molar-refractivity contribution in [2.75, 3.05) is 0 Å². The molecule has 1 aromatic rings. The van der Waals surface area contributed by atoms with E-state index in [9.17, 15) is 0 Å². The van der Waals surface area contributed by atoms with E-state index in [1.165, 1.54) is 24.0 Å². The maximum atomic E-state index is 8.82. The van der Waals surface area contributed by atoms with Gasteiger partial charge >= 0.3 is 0 Å². The van der Waals surface area contributed by atoms with Crippen LogP contribution in [0.5, 0.6) is 0 Å². The summed E-state index contributed by atoms with van der Waals surface area (Å²) in [7, 11) is 0. The van der Waals surface area contributed by atoms with Crippen LogP contribution in [0.1, 0.15) is 29.5 Å². The third-order valence-electron chi connectivity index (χ3n) is 2.58. The minimum absolute atomic E-state index is 0.712. The van der Waals surface area contributed by atoms with Crippen LogP contribution in [0.4, 0.5) is 0 Å². The van der Waals surface area contributed by atoms with Crippen LogP contribution in [0.25, 0.3) is 0 Å². The molecule has 0 bridgehead atoms. The zero-order valence-electron chi connectivity index (χ0n) is 7.38. The monoisotopic (exact) mass is 189 g/mol. The number of hydrogen-bond donors (Lipinski definition) is 1. The van der Waals surface area contributed by atoms with Crippen LogP contribution in [0.15, 0.2) is 17.0 Å². The minimum atomic E-state index is 0.712. The van der Waals surface area contributed by atoms with Gasteiger partial charge in [-0.3, -0.25) is 0 Å². The number of nitrogens with zero attached hydrogens (tertiary/aromatic N) is 1. The number of hydrogen-bond acceptors (Lipinski definition) is 2. The molecule has 1 aliphatic carbocycles. The molecular formula is C11H11NS. The molecular weight excluding hydrogens is 178 g/mol. The van der Waals surface area contributed by atoms with Gasteiger partial charge in [-0.2, -0.15) is 5.26 Å². The van der Waals surface area contributed by atoms with E-state index < -0.39 is 0 Å². The molecule has 0 aliphatic heterocycles. The van der Waals surface area contributed by atoms with E-state index in [4.69, 9.17) is 5.26 Å². The van der Waals surface area contributed by atoms with Crippen molar-refractivity contribution in [1.29, 1.82) is 5.26 Å². The Balaban J connectivity index is 2.52. The van der Waals surface area contributed by atoms with Crippen molar-refractivity contribution in [2.24, 2.45) is 0 Å². The minimum Gasteiger partial charge on any atom is -0.192 e. The zero-order chi connectivity index (χ0) is 9.26. The fourth-order valence-corrected chi connectivity index (χ4v) is 2.13. The average Bonchev–Trinajstić information content (AvgIpc) is 2.17. The maximum Gasteiger partial charge on any atom is 0.100 e. The van der Waals surface area contributed by atoms with E-state index in [2.05, 4.69) is 24.8 Å². The SMILES string of the molecule is N#Cc1cc2c(cc1S)CCCC2. The smallest absolute Gasteiger partial charge is 0.100 e. The highest BCUT2D eigenvalue weighted by atomic mass is 32.1. The van der Waals surface area contributed by atoms with Gasteiger partial charge in [-0.15, -0.1) is 12.6 Å². The molecule has 0 heterocycles. The van der Waals surface area contributed by atoms with E-state index in [0.717, 1.165) is 17.7 Å². The molecule has 1 aliphatic rings. The summed E-state index contributed by atoms with van der Waals surface area (Å²) in [6, 6.07) is 6.22. The van der Waals surface area contributed by atoms with Crippen LogP contribution < -0.4 is 0 Å². The van der Waals surface area contributed by atoms with Gasteiger partial charge in [-0.05, 0) is 48.9 Å². The lowest BCUT2D eigenvalue weighted by atomic mass is 9.90. The Morgan fingerprint density at radius 1 is 1.15 bits per heavy atom. The number of fused-ring (bicyclic) bond motifs is 1. The first-order chi connectivity index (χ1) is 6.31. The molecule has 1 aromatic carbocycles. The lowest BCUT2D eigenvalue weighted by molar-refractivity contribution is 0.683.